The molecule has 0 spiro atoms. The molecule has 134 valence electrons. The molecule has 0 aliphatic rings. The molecule has 2 aromatic carbocycles. The Labute approximate surface area is 153 Å². The van der Waals surface area contributed by atoms with Crippen LogP contribution in [0.2, 0.25) is 0 Å². The van der Waals surface area contributed by atoms with E-state index in [1.54, 1.807) is 0 Å². The average Bonchev–Trinajstić information content (AvgIpc) is 2.93. The molecule has 0 fully saturated rings. The van der Waals surface area contributed by atoms with Crippen molar-refractivity contribution < 1.29 is 9.59 Å². The van der Waals surface area contributed by atoms with E-state index in [-0.39, 0.29) is 18.2 Å². The maximum Gasteiger partial charge on any atom is 0.244 e. The molecule has 4 nitrogen and oxygen atoms in total. The van der Waals surface area contributed by atoms with Gasteiger partial charge in [0.05, 0.1) is 0 Å². The van der Waals surface area contributed by atoms with Crippen LogP contribution in [0, 0.1) is 13.8 Å². The van der Waals surface area contributed by atoms with Gasteiger partial charge in [-0.25, -0.2) is 0 Å². The third-order valence-corrected chi connectivity index (χ3v) is 4.39. The monoisotopic (exact) mass is 348 g/mol. The summed E-state index contributed by atoms with van der Waals surface area (Å²) in [5, 5.41) is 3.86. The van der Waals surface area contributed by atoms with Crippen molar-refractivity contribution in [2.24, 2.45) is 0 Å². The number of hydrogen-bond donors (Lipinski definition) is 1. The van der Waals surface area contributed by atoms with Gasteiger partial charge in [0.25, 0.3) is 0 Å². The third-order valence-electron chi connectivity index (χ3n) is 4.39. The van der Waals surface area contributed by atoms with Crippen molar-refractivity contribution in [2.45, 2.75) is 40.2 Å². The van der Waals surface area contributed by atoms with Crippen LogP contribution in [-0.4, -0.2) is 16.3 Å². The van der Waals surface area contributed by atoms with Crippen molar-refractivity contribution in [3.05, 3.63) is 65.4 Å². The predicted molar refractivity (Wildman–Crippen MR) is 106 cm³/mol. The van der Waals surface area contributed by atoms with Crippen molar-refractivity contribution in [3.63, 3.8) is 0 Å². The van der Waals surface area contributed by atoms with Gasteiger partial charge in [0.1, 0.15) is 6.54 Å². The second kappa shape index (κ2) is 7.56. The molecule has 0 saturated carbocycles. The van der Waals surface area contributed by atoms with Crippen LogP contribution >= 0.6 is 0 Å². The Hall–Kier alpha value is -2.88. The number of anilines is 1. The zero-order valence-electron chi connectivity index (χ0n) is 15.5. The van der Waals surface area contributed by atoms with Crippen molar-refractivity contribution in [1.82, 2.24) is 4.57 Å². The topological polar surface area (TPSA) is 51.1 Å². The number of aryl methyl sites for hydroxylation is 2. The standard InChI is InChI=1S/C22H24N2O2/c1-4-7-21(25)19-13-24(20-9-6-5-8-18(19)20)14-22(26)23-17-11-15(2)10-16(3)12-17/h5-6,8-13H,4,7,14H2,1-3H3,(H,23,26). The minimum atomic E-state index is -0.106. The Kier molecular flexibility index (Phi) is 5.21. The average molecular weight is 348 g/mol. The molecule has 0 atom stereocenters. The third kappa shape index (κ3) is 3.85. The lowest BCUT2D eigenvalue weighted by atomic mass is 10.1. The lowest BCUT2D eigenvalue weighted by Gasteiger charge is -2.09. The number of aromatic nitrogens is 1. The quantitative estimate of drug-likeness (QED) is 0.646. The zero-order valence-corrected chi connectivity index (χ0v) is 15.5. The number of Topliss-reactive ketones (excluding diaryl/α,β-unsaturated/α-hetero) is 1. The van der Waals surface area contributed by atoms with Crippen LogP contribution in [0.15, 0.2) is 48.7 Å². The lowest BCUT2D eigenvalue weighted by Crippen LogP contribution is -2.18. The van der Waals surface area contributed by atoms with Crippen LogP contribution in [-0.2, 0) is 11.3 Å². The maximum absolute atomic E-state index is 12.5. The van der Waals surface area contributed by atoms with E-state index < -0.39 is 0 Å². The number of amides is 1. The highest BCUT2D eigenvalue weighted by atomic mass is 16.2. The SMILES string of the molecule is CCCC(=O)c1cn(CC(=O)Nc2cc(C)cc(C)c2)c2ccccc12. The van der Waals surface area contributed by atoms with Crippen LogP contribution in [0.4, 0.5) is 5.69 Å². The molecule has 0 bridgehead atoms. The minimum Gasteiger partial charge on any atom is -0.337 e. The van der Waals surface area contributed by atoms with Gasteiger partial charge in [0.2, 0.25) is 5.91 Å². The fourth-order valence-corrected chi connectivity index (χ4v) is 3.36. The summed E-state index contributed by atoms with van der Waals surface area (Å²) in [6.07, 6.45) is 3.14. The van der Waals surface area contributed by atoms with E-state index in [9.17, 15) is 9.59 Å². The summed E-state index contributed by atoms with van der Waals surface area (Å²) in [7, 11) is 0. The first-order valence-electron chi connectivity index (χ1n) is 8.97. The number of nitrogens with zero attached hydrogens (tertiary/aromatic N) is 1. The highest BCUT2D eigenvalue weighted by Gasteiger charge is 2.15. The molecule has 0 saturated heterocycles. The smallest absolute Gasteiger partial charge is 0.244 e. The summed E-state index contributed by atoms with van der Waals surface area (Å²) in [5.41, 5.74) is 4.62. The number of hydrogen-bond acceptors (Lipinski definition) is 2. The van der Waals surface area contributed by atoms with Gasteiger partial charge in [0, 0.05) is 34.8 Å². The molecule has 4 heteroatoms. The Morgan fingerprint density at radius 3 is 2.42 bits per heavy atom. The highest BCUT2D eigenvalue weighted by Crippen LogP contribution is 2.23. The molecule has 0 aliphatic heterocycles. The number of fused-ring (bicyclic) bond motifs is 1. The van der Waals surface area contributed by atoms with Crippen LogP contribution in [0.5, 0.6) is 0 Å². The van der Waals surface area contributed by atoms with Gasteiger partial charge in [-0.3, -0.25) is 9.59 Å². The van der Waals surface area contributed by atoms with E-state index in [0.717, 1.165) is 34.1 Å². The first-order chi connectivity index (χ1) is 12.5. The van der Waals surface area contributed by atoms with Crippen molar-refractivity contribution in [1.29, 1.82) is 0 Å². The highest BCUT2D eigenvalue weighted by molar-refractivity contribution is 6.08. The number of ketones is 1. The summed E-state index contributed by atoms with van der Waals surface area (Å²) in [5.74, 6) is 0.0161. The largest absolute Gasteiger partial charge is 0.337 e. The summed E-state index contributed by atoms with van der Waals surface area (Å²) >= 11 is 0. The van der Waals surface area contributed by atoms with Gasteiger partial charge in [-0.05, 0) is 49.6 Å². The first kappa shape index (κ1) is 17.9. The second-order valence-corrected chi connectivity index (χ2v) is 6.79. The molecule has 0 aliphatic carbocycles. The molecule has 1 aromatic heterocycles. The molecule has 26 heavy (non-hydrogen) atoms. The zero-order chi connectivity index (χ0) is 18.7. The molecule has 0 unspecified atom stereocenters. The molecular weight excluding hydrogens is 324 g/mol. The van der Waals surface area contributed by atoms with Gasteiger partial charge in [-0.2, -0.15) is 0 Å². The summed E-state index contributed by atoms with van der Waals surface area (Å²) in [6.45, 7) is 6.18. The number of rotatable bonds is 6. The van der Waals surface area contributed by atoms with Gasteiger partial charge in [0.15, 0.2) is 5.78 Å². The van der Waals surface area contributed by atoms with Crippen LogP contribution in [0.25, 0.3) is 10.9 Å². The van der Waals surface area contributed by atoms with Gasteiger partial charge in [-0.15, -0.1) is 0 Å². The molecule has 1 amide bonds. The fraction of sp³-hybridized carbons (Fsp3) is 0.273. The Bertz CT molecular complexity index is 949. The van der Waals surface area contributed by atoms with Gasteiger partial charge in [-0.1, -0.05) is 31.2 Å². The van der Waals surface area contributed by atoms with Crippen molar-refractivity contribution in [3.8, 4) is 0 Å². The Morgan fingerprint density at radius 2 is 1.73 bits per heavy atom. The molecule has 3 aromatic rings. The van der Waals surface area contributed by atoms with Crippen LogP contribution in [0.1, 0.15) is 41.3 Å². The Balaban J connectivity index is 1.86. The van der Waals surface area contributed by atoms with Crippen LogP contribution in [0.3, 0.4) is 0 Å². The maximum atomic E-state index is 12.5. The fourth-order valence-electron chi connectivity index (χ4n) is 3.36. The van der Waals surface area contributed by atoms with E-state index >= 15 is 0 Å². The van der Waals surface area contributed by atoms with Crippen molar-refractivity contribution in [2.75, 3.05) is 5.32 Å². The second-order valence-electron chi connectivity index (χ2n) is 6.79. The van der Waals surface area contributed by atoms with E-state index in [0.29, 0.717) is 12.0 Å². The van der Waals surface area contributed by atoms with E-state index in [1.165, 1.54) is 0 Å². The normalized spacial score (nSPS) is 10.9. The minimum absolute atomic E-state index is 0.106. The summed E-state index contributed by atoms with van der Waals surface area (Å²) in [6, 6.07) is 13.7. The number of carbonyl (C=O) groups excluding carboxylic acids is 2. The molecule has 1 N–H and O–H groups in total. The molecule has 0 radical (unpaired) electrons. The molecule has 1 heterocycles. The summed E-state index contributed by atoms with van der Waals surface area (Å²) in [4.78, 5) is 24.9. The van der Waals surface area contributed by atoms with Gasteiger partial charge < -0.3 is 9.88 Å². The summed E-state index contributed by atoms with van der Waals surface area (Å²) < 4.78 is 1.86. The first-order valence-corrected chi connectivity index (χ1v) is 8.97. The van der Waals surface area contributed by atoms with Crippen molar-refractivity contribution >= 4 is 28.3 Å². The van der Waals surface area contributed by atoms with E-state index in [2.05, 4.69) is 11.4 Å². The number of nitrogens with one attached hydrogen (secondary N) is 1. The number of carbonyl (C=O) groups is 2. The predicted octanol–water partition coefficient (Wildman–Crippen LogP) is 4.88. The number of benzene rings is 2. The number of para-hydroxylation sites is 1. The van der Waals surface area contributed by atoms with E-state index in [1.807, 2.05) is 67.9 Å². The van der Waals surface area contributed by atoms with Crippen LogP contribution < -0.4 is 5.32 Å². The Morgan fingerprint density at radius 1 is 1.04 bits per heavy atom. The molecule has 3 rings (SSSR count). The lowest BCUT2D eigenvalue weighted by molar-refractivity contribution is -0.116. The van der Waals surface area contributed by atoms with Gasteiger partial charge >= 0.3 is 0 Å². The molecular formula is C22H24N2O2. The van der Waals surface area contributed by atoms with E-state index in [4.69, 9.17) is 0 Å².